The van der Waals surface area contributed by atoms with Crippen molar-refractivity contribution < 1.29 is 54.8 Å². The summed E-state index contributed by atoms with van der Waals surface area (Å²) in [5.74, 6) is -1.85. The molecule has 6 nitrogen and oxygen atoms in total. The summed E-state index contributed by atoms with van der Waals surface area (Å²) in [6.07, 6.45) is 0.162. The number of aliphatic carboxylic acids is 1. The number of benzene rings is 1. The second-order valence-electron chi connectivity index (χ2n) is 3.39. The molecule has 0 saturated heterocycles. The van der Waals surface area contributed by atoms with E-state index in [1.54, 1.807) is 0 Å². The zero-order chi connectivity index (χ0) is 12.8. The molecular formula is C11H13ClNNaO5. The number of aromatic hydroxyl groups is 1. The molecular weight excluding hydrogens is 285 g/mol. The maximum Gasteiger partial charge on any atom is 1.00 e. The van der Waals surface area contributed by atoms with Crippen LogP contribution < -0.4 is 40.0 Å². The summed E-state index contributed by atoms with van der Waals surface area (Å²) in [7, 11) is 0. The van der Waals surface area contributed by atoms with E-state index in [9.17, 15) is 19.8 Å². The van der Waals surface area contributed by atoms with Crippen LogP contribution >= 0.6 is 11.6 Å². The molecule has 0 aromatic heterocycles. The standard InChI is InChI=1S/C11H12ClNO4.Na.H2O/c12-7-3-4-8(9(14)6-7)11(17)13-5-1-2-10(15)16;;/h3-4,6,14H,1-2,5H2,(H,13,17)(H,15,16);;1H2/q;+1;/p-1. The van der Waals surface area contributed by atoms with E-state index in [0.29, 0.717) is 5.02 Å². The van der Waals surface area contributed by atoms with Crippen molar-refractivity contribution in [2.45, 2.75) is 12.8 Å². The first kappa shape index (κ1) is 20.5. The van der Waals surface area contributed by atoms with Crippen molar-refractivity contribution in [3.05, 3.63) is 28.8 Å². The third kappa shape index (κ3) is 7.39. The van der Waals surface area contributed by atoms with Crippen LogP contribution in [0.3, 0.4) is 0 Å². The van der Waals surface area contributed by atoms with Gasteiger partial charge in [-0.2, -0.15) is 0 Å². The third-order valence-corrected chi connectivity index (χ3v) is 2.28. The number of rotatable bonds is 5. The Labute approximate surface area is 137 Å². The normalized spacial score (nSPS) is 8.89. The first-order valence-electron chi connectivity index (χ1n) is 4.97. The van der Waals surface area contributed by atoms with E-state index in [4.69, 9.17) is 11.6 Å². The number of amides is 1. The molecule has 0 radical (unpaired) electrons. The number of carboxylic acids is 1. The van der Waals surface area contributed by atoms with Crippen LogP contribution in [0, 0.1) is 0 Å². The van der Waals surface area contributed by atoms with Crippen molar-refractivity contribution in [2.24, 2.45) is 0 Å². The minimum atomic E-state index is -1.16. The Kier molecular flexibility index (Phi) is 10.9. The molecule has 0 atom stereocenters. The second-order valence-corrected chi connectivity index (χ2v) is 3.83. The Morgan fingerprint density at radius 2 is 2.00 bits per heavy atom. The Balaban J connectivity index is 0. The SMILES string of the molecule is O.O=C([O-])CCCNC(=O)c1ccc(Cl)cc1O.[Na+]. The van der Waals surface area contributed by atoms with Gasteiger partial charge in [0.2, 0.25) is 0 Å². The predicted octanol–water partition coefficient (Wildman–Crippen LogP) is -3.52. The molecule has 1 aromatic rings. The summed E-state index contributed by atoms with van der Waals surface area (Å²) in [4.78, 5) is 21.7. The minimum absolute atomic E-state index is 0. The number of hydrogen-bond donors (Lipinski definition) is 2. The van der Waals surface area contributed by atoms with Gasteiger partial charge < -0.3 is 25.8 Å². The van der Waals surface area contributed by atoms with Gasteiger partial charge in [0.05, 0.1) is 5.56 Å². The van der Waals surface area contributed by atoms with Crippen molar-refractivity contribution in [1.82, 2.24) is 5.32 Å². The van der Waals surface area contributed by atoms with Crippen molar-refractivity contribution in [3.63, 3.8) is 0 Å². The molecule has 1 aromatic carbocycles. The summed E-state index contributed by atoms with van der Waals surface area (Å²) in [6.45, 7) is 0.203. The van der Waals surface area contributed by atoms with Crippen LogP contribution in [0.5, 0.6) is 5.75 Å². The summed E-state index contributed by atoms with van der Waals surface area (Å²) < 4.78 is 0. The number of halogens is 1. The van der Waals surface area contributed by atoms with Crippen molar-refractivity contribution >= 4 is 23.5 Å². The first-order chi connectivity index (χ1) is 8.00. The molecule has 0 aliphatic heterocycles. The average Bonchev–Trinajstić information content (AvgIpc) is 2.23. The molecule has 1 amide bonds. The molecule has 19 heavy (non-hydrogen) atoms. The monoisotopic (exact) mass is 297 g/mol. The van der Waals surface area contributed by atoms with Gasteiger partial charge in [-0.1, -0.05) is 11.6 Å². The van der Waals surface area contributed by atoms with Gasteiger partial charge in [-0.05, 0) is 31.0 Å². The van der Waals surface area contributed by atoms with Crippen LogP contribution in [0.25, 0.3) is 0 Å². The fourth-order valence-corrected chi connectivity index (χ4v) is 1.39. The van der Waals surface area contributed by atoms with E-state index in [-0.39, 0.29) is 65.7 Å². The molecule has 0 fully saturated rings. The number of carbonyl (C=O) groups excluding carboxylic acids is 2. The van der Waals surface area contributed by atoms with E-state index >= 15 is 0 Å². The van der Waals surface area contributed by atoms with Gasteiger partial charge in [0.15, 0.2) is 0 Å². The van der Waals surface area contributed by atoms with Crippen LogP contribution in [0.1, 0.15) is 23.2 Å². The number of carboxylic acid groups (broad SMARTS) is 1. The van der Waals surface area contributed by atoms with E-state index in [1.165, 1.54) is 18.2 Å². The van der Waals surface area contributed by atoms with Crippen molar-refractivity contribution in [3.8, 4) is 5.75 Å². The number of phenolic OH excluding ortho intramolecular Hbond substituents is 1. The van der Waals surface area contributed by atoms with Gasteiger partial charge >= 0.3 is 29.6 Å². The molecule has 0 bridgehead atoms. The quantitative estimate of drug-likeness (QED) is 0.432. The van der Waals surface area contributed by atoms with Crippen molar-refractivity contribution in [2.75, 3.05) is 6.54 Å². The second kappa shape index (κ2) is 10.1. The Morgan fingerprint density at radius 1 is 1.37 bits per heavy atom. The smallest absolute Gasteiger partial charge is 0.550 e. The topological polar surface area (TPSA) is 121 Å². The van der Waals surface area contributed by atoms with Crippen LogP contribution in [0.15, 0.2) is 18.2 Å². The summed E-state index contributed by atoms with van der Waals surface area (Å²) >= 11 is 5.62. The fourth-order valence-electron chi connectivity index (χ4n) is 1.23. The van der Waals surface area contributed by atoms with Crippen LogP contribution in [-0.4, -0.2) is 29.0 Å². The van der Waals surface area contributed by atoms with Gasteiger partial charge in [0.1, 0.15) is 5.75 Å². The molecule has 0 spiro atoms. The number of hydrogen-bond acceptors (Lipinski definition) is 4. The van der Waals surface area contributed by atoms with Gasteiger partial charge in [0.25, 0.3) is 5.91 Å². The molecule has 0 unspecified atom stereocenters. The molecule has 0 aliphatic rings. The molecule has 0 heterocycles. The zero-order valence-corrected chi connectivity index (χ0v) is 13.2. The Bertz CT molecular complexity index is 441. The minimum Gasteiger partial charge on any atom is -0.550 e. The molecule has 8 heteroatoms. The number of carbonyl (C=O) groups is 2. The number of phenols is 1. The molecule has 100 valence electrons. The molecule has 0 aliphatic carbocycles. The third-order valence-electron chi connectivity index (χ3n) is 2.05. The maximum absolute atomic E-state index is 11.5. The summed E-state index contributed by atoms with van der Waals surface area (Å²) in [6, 6.07) is 4.14. The van der Waals surface area contributed by atoms with E-state index in [1.807, 2.05) is 0 Å². The fraction of sp³-hybridized carbons (Fsp3) is 0.273. The summed E-state index contributed by atoms with van der Waals surface area (Å²) in [5, 5.41) is 22.4. The van der Waals surface area contributed by atoms with Crippen molar-refractivity contribution in [1.29, 1.82) is 0 Å². The zero-order valence-electron chi connectivity index (χ0n) is 10.4. The summed E-state index contributed by atoms with van der Waals surface area (Å²) in [5.41, 5.74) is 0.0999. The molecule has 1 rings (SSSR count). The van der Waals surface area contributed by atoms with E-state index in [0.717, 1.165) is 0 Å². The van der Waals surface area contributed by atoms with E-state index in [2.05, 4.69) is 5.32 Å². The maximum atomic E-state index is 11.5. The van der Waals surface area contributed by atoms with Gasteiger partial charge in [-0.25, -0.2) is 0 Å². The van der Waals surface area contributed by atoms with E-state index < -0.39 is 11.9 Å². The first-order valence-corrected chi connectivity index (χ1v) is 5.35. The van der Waals surface area contributed by atoms with Crippen LogP contribution in [0.4, 0.5) is 0 Å². The van der Waals surface area contributed by atoms with Gasteiger partial charge in [-0.3, -0.25) is 4.79 Å². The Morgan fingerprint density at radius 3 is 2.53 bits per heavy atom. The average molecular weight is 298 g/mol. The van der Waals surface area contributed by atoms with Crippen LogP contribution in [-0.2, 0) is 4.79 Å². The number of nitrogens with one attached hydrogen (secondary N) is 1. The van der Waals surface area contributed by atoms with Gasteiger partial charge in [-0.15, -0.1) is 0 Å². The van der Waals surface area contributed by atoms with Crippen LogP contribution in [0.2, 0.25) is 5.02 Å². The van der Waals surface area contributed by atoms with Gasteiger partial charge in [0, 0.05) is 17.5 Å². The largest absolute Gasteiger partial charge is 1.00 e. The molecule has 0 saturated carbocycles. The molecule has 4 N–H and O–H groups in total. The Hall–Kier alpha value is -0.790. The predicted molar refractivity (Wildman–Crippen MR) is 63.3 cm³/mol.